The second-order valence-electron chi connectivity index (χ2n) is 7.24. The van der Waals surface area contributed by atoms with Crippen LogP contribution in [0.1, 0.15) is 22.4 Å². The number of likely N-dealkylation sites (N-methyl/N-ethyl adjacent to an activating group) is 1. The molecule has 4 rings (SSSR count). The average Bonchev–Trinajstić information content (AvgIpc) is 3.03. The van der Waals surface area contributed by atoms with E-state index in [1.165, 1.54) is 43.7 Å². The first-order valence-electron chi connectivity index (χ1n) is 9.40. The Hall–Kier alpha value is -4.33. The van der Waals surface area contributed by atoms with Crippen molar-refractivity contribution in [3.63, 3.8) is 0 Å². The first-order chi connectivity index (χ1) is 15.6. The Labute approximate surface area is 184 Å². The fourth-order valence-electron chi connectivity index (χ4n) is 3.61. The van der Waals surface area contributed by atoms with E-state index in [1.807, 2.05) is 6.07 Å². The van der Waals surface area contributed by atoms with E-state index in [-0.39, 0.29) is 33.8 Å². The summed E-state index contributed by atoms with van der Waals surface area (Å²) >= 11 is 0. The number of benzene rings is 1. The molecule has 166 valence electrons. The average molecular weight is 454 g/mol. The molecule has 0 aliphatic carbocycles. The van der Waals surface area contributed by atoms with Gasteiger partial charge < -0.3 is 5.73 Å². The molecule has 1 amide bonds. The topological polar surface area (TPSA) is 108 Å². The monoisotopic (exact) mass is 454 g/mol. The third-order valence-corrected chi connectivity index (χ3v) is 5.27. The molecule has 3 heterocycles. The minimum Gasteiger partial charge on any atom is -0.369 e. The highest BCUT2D eigenvalue weighted by molar-refractivity contribution is 6.09. The maximum absolute atomic E-state index is 14.8. The van der Waals surface area contributed by atoms with Gasteiger partial charge in [0, 0.05) is 36.8 Å². The summed E-state index contributed by atoms with van der Waals surface area (Å²) in [5.41, 5.74) is 2.99. The smallest absolute Gasteiger partial charge is 0.369 e. The van der Waals surface area contributed by atoms with Crippen molar-refractivity contribution in [2.75, 3.05) is 7.05 Å². The van der Waals surface area contributed by atoms with Gasteiger partial charge in [0.05, 0.1) is 5.56 Å². The van der Waals surface area contributed by atoms with E-state index in [2.05, 4.69) is 15.0 Å². The van der Waals surface area contributed by atoms with Crippen LogP contribution in [-0.4, -0.2) is 33.8 Å². The van der Waals surface area contributed by atoms with Gasteiger partial charge >= 0.3 is 6.18 Å². The van der Waals surface area contributed by atoms with Gasteiger partial charge in [-0.1, -0.05) is 6.07 Å². The van der Waals surface area contributed by atoms with Gasteiger partial charge in [-0.05, 0) is 41.5 Å². The predicted octanol–water partition coefficient (Wildman–Crippen LogP) is 3.20. The molecule has 0 saturated carbocycles. The van der Waals surface area contributed by atoms with Crippen molar-refractivity contribution in [2.24, 2.45) is 10.7 Å². The summed E-state index contributed by atoms with van der Waals surface area (Å²) in [6, 6.07) is 8.85. The number of pyridine rings is 2. The van der Waals surface area contributed by atoms with Crippen molar-refractivity contribution in [1.29, 1.82) is 5.26 Å². The molecule has 0 saturated heterocycles. The van der Waals surface area contributed by atoms with E-state index in [0.717, 1.165) is 17.2 Å². The number of amides is 1. The van der Waals surface area contributed by atoms with Gasteiger partial charge in [-0.3, -0.25) is 19.7 Å². The molecule has 0 radical (unpaired) electrons. The van der Waals surface area contributed by atoms with Gasteiger partial charge in [-0.15, -0.1) is 0 Å². The maximum Gasteiger partial charge on any atom is 0.433 e. The Balaban J connectivity index is 1.98. The summed E-state index contributed by atoms with van der Waals surface area (Å²) in [4.78, 5) is 25.8. The number of halogens is 4. The number of aromatic nitrogens is 2. The lowest BCUT2D eigenvalue weighted by Crippen LogP contribution is -2.41. The van der Waals surface area contributed by atoms with Crippen LogP contribution in [0.25, 0.3) is 11.1 Å². The Morgan fingerprint density at radius 3 is 2.48 bits per heavy atom. The number of guanidine groups is 1. The molecule has 11 heteroatoms. The zero-order chi connectivity index (χ0) is 24.0. The summed E-state index contributed by atoms with van der Waals surface area (Å²) in [5.74, 6) is -1.63. The molecule has 1 aromatic carbocycles. The first-order valence-corrected chi connectivity index (χ1v) is 9.40. The van der Waals surface area contributed by atoms with Gasteiger partial charge in [-0.2, -0.15) is 18.4 Å². The lowest BCUT2D eigenvalue weighted by atomic mass is 9.81. The van der Waals surface area contributed by atoms with Crippen LogP contribution in [0.4, 0.5) is 17.6 Å². The number of nitrogens with two attached hydrogens (primary N) is 1. The highest BCUT2D eigenvalue weighted by Gasteiger charge is 2.50. The van der Waals surface area contributed by atoms with Gasteiger partial charge in [-0.25, -0.2) is 9.38 Å². The van der Waals surface area contributed by atoms with E-state index < -0.39 is 29.1 Å². The molecule has 7 nitrogen and oxygen atoms in total. The van der Waals surface area contributed by atoms with Crippen molar-refractivity contribution in [3.8, 4) is 17.2 Å². The molecular formula is C22H14F4N6O. The quantitative estimate of drug-likeness (QED) is 0.612. The van der Waals surface area contributed by atoms with Crippen molar-refractivity contribution < 1.29 is 22.4 Å². The van der Waals surface area contributed by atoms with Crippen LogP contribution >= 0.6 is 0 Å². The molecule has 1 atom stereocenters. The Morgan fingerprint density at radius 1 is 1.12 bits per heavy atom. The number of aliphatic imine (C=N–C) groups is 1. The normalized spacial score (nSPS) is 18.2. The summed E-state index contributed by atoms with van der Waals surface area (Å²) < 4.78 is 54.8. The van der Waals surface area contributed by atoms with Crippen LogP contribution in [0, 0.1) is 17.1 Å². The number of carbonyl (C=O) groups is 1. The highest BCUT2D eigenvalue weighted by atomic mass is 19.4. The molecule has 2 aromatic heterocycles. The van der Waals surface area contributed by atoms with Gasteiger partial charge in [0.2, 0.25) is 0 Å². The van der Waals surface area contributed by atoms with Crippen molar-refractivity contribution in [3.05, 3.63) is 83.2 Å². The van der Waals surface area contributed by atoms with Gasteiger partial charge in [0.15, 0.2) is 11.5 Å². The Morgan fingerprint density at radius 2 is 1.85 bits per heavy atom. The number of carbonyl (C=O) groups excluding carboxylic acids is 1. The molecule has 1 unspecified atom stereocenters. The van der Waals surface area contributed by atoms with Crippen LogP contribution < -0.4 is 5.73 Å². The van der Waals surface area contributed by atoms with E-state index in [0.29, 0.717) is 6.07 Å². The standard InChI is InChI=1S/C22H14F4N6O/c1-32-19(33)21(31-20(32)28,15-4-5-30-18(8-15)22(24,25)26)14-2-3-17(23)16(7-14)13-6-12(9-27)10-29-11-13/h2-8,10-11H,1H3,(H2,28,31). The lowest BCUT2D eigenvalue weighted by Gasteiger charge is -2.27. The van der Waals surface area contributed by atoms with E-state index in [4.69, 9.17) is 11.0 Å². The minimum absolute atomic E-state index is 0.0160. The number of alkyl halides is 3. The second-order valence-corrected chi connectivity index (χ2v) is 7.24. The largest absolute Gasteiger partial charge is 0.433 e. The summed E-state index contributed by atoms with van der Waals surface area (Å²) in [6.07, 6.45) is -1.23. The fourth-order valence-corrected chi connectivity index (χ4v) is 3.61. The number of rotatable bonds is 3. The van der Waals surface area contributed by atoms with Crippen molar-refractivity contribution >= 4 is 11.9 Å². The number of nitriles is 1. The molecule has 0 spiro atoms. The SMILES string of the molecule is CN1C(=O)C(c2ccnc(C(F)(F)F)c2)(c2ccc(F)c(-c3cncc(C#N)c3)c2)N=C1N. The van der Waals surface area contributed by atoms with Crippen LogP contribution in [-0.2, 0) is 16.5 Å². The van der Waals surface area contributed by atoms with Crippen LogP contribution in [0.3, 0.4) is 0 Å². The van der Waals surface area contributed by atoms with Crippen LogP contribution in [0.15, 0.2) is 60.0 Å². The van der Waals surface area contributed by atoms with Crippen molar-refractivity contribution in [1.82, 2.24) is 14.9 Å². The number of hydrogen-bond donors (Lipinski definition) is 1. The Kier molecular flexibility index (Phi) is 5.08. The summed E-state index contributed by atoms with van der Waals surface area (Å²) in [6.45, 7) is 0. The molecule has 3 aromatic rings. The molecule has 0 fully saturated rings. The first kappa shape index (κ1) is 21.9. The van der Waals surface area contributed by atoms with Gasteiger partial charge in [0.1, 0.15) is 17.6 Å². The maximum atomic E-state index is 14.8. The molecule has 2 N–H and O–H groups in total. The Bertz CT molecular complexity index is 1350. The fraction of sp³-hybridized carbons (Fsp3) is 0.136. The highest BCUT2D eigenvalue weighted by Crippen LogP contribution is 2.42. The molecule has 1 aliphatic heterocycles. The molecule has 0 bridgehead atoms. The third-order valence-electron chi connectivity index (χ3n) is 5.27. The molecule has 1 aliphatic rings. The summed E-state index contributed by atoms with van der Waals surface area (Å²) in [5, 5.41) is 9.12. The van der Waals surface area contributed by atoms with Crippen molar-refractivity contribution in [2.45, 2.75) is 11.7 Å². The zero-order valence-electron chi connectivity index (χ0n) is 16.9. The molecule has 33 heavy (non-hydrogen) atoms. The number of hydrogen-bond acceptors (Lipinski definition) is 6. The molecular weight excluding hydrogens is 440 g/mol. The minimum atomic E-state index is -4.77. The summed E-state index contributed by atoms with van der Waals surface area (Å²) in [7, 11) is 1.33. The van der Waals surface area contributed by atoms with Gasteiger partial charge in [0.25, 0.3) is 5.91 Å². The van der Waals surface area contributed by atoms with E-state index >= 15 is 0 Å². The van der Waals surface area contributed by atoms with Crippen LogP contribution in [0.5, 0.6) is 0 Å². The predicted molar refractivity (Wildman–Crippen MR) is 109 cm³/mol. The van der Waals surface area contributed by atoms with Crippen LogP contribution in [0.2, 0.25) is 0 Å². The zero-order valence-corrected chi connectivity index (χ0v) is 16.9. The lowest BCUT2D eigenvalue weighted by molar-refractivity contribution is -0.141. The van der Waals surface area contributed by atoms with E-state index in [1.54, 1.807) is 0 Å². The van der Waals surface area contributed by atoms with E-state index in [9.17, 15) is 22.4 Å². The third kappa shape index (κ3) is 3.55. The number of nitrogens with zero attached hydrogens (tertiary/aromatic N) is 5. The second kappa shape index (κ2) is 7.67.